The van der Waals surface area contributed by atoms with Crippen LogP contribution in [0.5, 0.6) is 17.4 Å². The third-order valence-corrected chi connectivity index (χ3v) is 2.74. The SMILES string of the molecule is COc1cccc(Oc2nccc(C)c2/C(N)=N/O)c1. The lowest BCUT2D eigenvalue weighted by atomic mass is 10.1. The maximum Gasteiger partial charge on any atom is 0.230 e. The summed E-state index contributed by atoms with van der Waals surface area (Å²) in [4.78, 5) is 4.12. The number of ether oxygens (including phenoxy) is 2. The summed E-state index contributed by atoms with van der Waals surface area (Å²) in [7, 11) is 1.58. The molecular formula is C14H15N3O3. The minimum Gasteiger partial charge on any atom is -0.497 e. The van der Waals surface area contributed by atoms with E-state index in [9.17, 15) is 0 Å². The monoisotopic (exact) mass is 273 g/mol. The van der Waals surface area contributed by atoms with Gasteiger partial charge in [0.15, 0.2) is 5.84 Å². The van der Waals surface area contributed by atoms with Crippen molar-refractivity contribution in [2.45, 2.75) is 6.92 Å². The highest BCUT2D eigenvalue weighted by molar-refractivity contribution is 6.00. The van der Waals surface area contributed by atoms with Gasteiger partial charge in [0.2, 0.25) is 5.88 Å². The lowest BCUT2D eigenvalue weighted by Crippen LogP contribution is -2.16. The van der Waals surface area contributed by atoms with Crippen LogP contribution in [-0.2, 0) is 0 Å². The molecule has 0 radical (unpaired) electrons. The zero-order valence-corrected chi connectivity index (χ0v) is 11.2. The van der Waals surface area contributed by atoms with Crippen LogP contribution in [0.15, 0.2) is 41.7 Å². The fourth-order valence-corrected chi connectivity index (χ4v) is 1.75. The molecule has 2 aromatic rings. The topological polar surface area (TPSA) is 90.0 Å². The standard InChI is InChI=1S/C14H15N3O3/c1-9-6-7-16-14(12(9)13(15)17-18)20-11-5-3-4-10(8-11)19-2/h3-8,18H,1-2H3,(H2,15,17). The van der Waals surface area contributed by atoms with E-state index in [-0.39, 0.29) is 11.7 Å². The molecule has 0 saturated carbocycles. The molecule has 0 fully saturated rings. The van der Waals surface area contributed by atoms with Crippen molar-refractivity contribution in [3.8, 4) is 17.4 Å². The Morgan fingerprint density at radius 1 is 1.30 bits per heavy atom. The molecule has 0 spiro atoms. The second-order valence-electron chi connectivity index (χ2n) is 4.07. The zero-order valence-electron chi connectivity index (χ0n) is 11.2. The number of amidine groups is 1. The lowest BCUT2D eigenvalue weighted by Gasteiger charge is -2.11. The average molecular weight is 273 g/mol. The van der Waals surface area contributed by atoms with Gasteiger partial charge in [-0.05, 0) is 30.7 Å². The second kappa shape index (κ2) is 5.92. The molecule has 1 aromatic heterocycles. The molecule has 1 heterocycles. The Labute approximate surface area is 116 Å². The quantitative estimate of drug-likeness (QED) is 0.386. The Kier molecular flexibility index (Phi) is 4.05. The van der Waals surface area contributed by atoms with E-state index in [2.05, 4.69) is 10.1 Å². The van der Waals surface area contributed by atoms with E-state index < -0.39 is 0 Å². The van der Waals surface area contributed by atoms with Crippen LogP contribution < -0.4 is 15.2 Å². The highest BCUT2D eigenvalue weighted by atomic mass is 16.5. The van der Waals surface area contributed by atoms with Crippen molar-refractivity contribution in [2.75, 3.05) is 7.11 Å². The average Bonchev–Trinajstić information content (AvgIpc) is 2.47. The molecule has 0 atom stereocenters. The van der Waals surface area contributed by atoms with Gasteiger partial charge in [-0.25, -0.2) is 4.98 Å². The third-order valence-electron chi connectivity index (χ3n) is 2.74. The van der Waals surface area contributed by atoms with Gasteiger partial charge < -0.3 is 20.4 Å². The van der Waals surface area contributed by atoms with Gasteiger partial charge in [0.25, 0.3) is 0 Å². The Balaban J connectivity index is 2.40. The zero-order chi connectivity index (χ0) is 14.5. The largest absolute Gasteiger partial charge is 0.497 e. The molecule has 0 aliphatic carbocycles. The Morgan fingerprint density at radius 3 is 2.75 bits per heavy atom. The van der Waals surface area contributed by atoms with Gasteiger partial charge in [0, 0.05) is 12.3 Å². The van der Waals surface area contributed by atoms with Crippen LogP contribution in [0.3, 0.4) is 0 Å². The fraction of sp³-hybridized carbons (Fsp3) is 0.143. The van der Waals surface area contributed by atoms with Crippen LogP contribution in [0.4, 0.5) is 0 Å². The maximum atomic E-state index is 8.84. The Hall–Kier alpha value is -2.76. The predicted molar refractivity (Wildman–Crippen MR) is 74.6 cm³/mol. The van der Waals surface area contributed by atoms with Gasteiger partial charge in [0.1, 0.15) is 11.5 Å². The molecule has 0 aliphatic rings. The third kappa shape index (κ3) is 2.80. The Bertz CT molecular complexity index is 641. The van der Waals surface area contributed by atoms with Crippen LogP contribution in [0.1, 0.15) is 11.1 Å². The molecule has 2 rings (SSSR count). The van der Waals surface area contributed by atoms with Crippen molar-refractivity contribution in [2.24, 2.45) is 10.9 Å². The number of aryl methyl sites for hydroxylation is 1. The number of pyridine rings is 1. The molecule has 1 aromatic carbocycles. The molecule has 104 valence electrons. The molecule has 6 heteroatoms. The first-order valence-corrected chi connectivity index (χ1v) is 5.91. The van der Waals surface area contributed by atoms with Crippen LogP contribution in [0.25, 0.3) is 0 Å². The molecule has 0 amide bonds. The molecule has 0 saturated heterocycles. The summed E-state index contributed by atoms with van der Waals surface area (Å²) in [6, 6.07) is 8.85. The van der Waals surface area contributed by atoms with E-state index in [4.69, 9.17) is 20.4 Å². The van der Waals surface area contributed by atoms with E-state index in [1.165, 1.54) is 0 Å². The fourth-order valence-electron chi connectivity index (χ4n) is 1.75. The number of nitrogens with zero attached hydrogens (tertiary/aromatic N) is 2. The van der Waals surface area contributed by atoms with Crippen LogP contribution in [0, 0.1) is 6.92 Å². The first-order valence-electron chi connectivity index (χ1n) is 5.91. The summed E-state index contributed by atoms with van der Waals surface area (Å²) < 4.78 is 10.8. The van der Waals surface area contributed by atoms with Crippen molar-refractivity contribution < 1.29 is 14.7 Å². The van der Waals surface area contributed by atoms with Gasteiger partial charge in [-0.2, -0.15) is 0 Å². The Morgan fingerprint density at radius 2 is 2.05 bits per heavy atom. The summed E-state index contributed by atoms with van der Waals surface area (Å²) >= 11 is 0. The van der Waals surface area contributed by atoms with Gasteiger partial charge in [-0.15, -0.1) is 0 Å². The maximum absolute atomic E-state index is 8.84. The van der Waals surface area contributed by atoms with Crippen molar-refractivity contribution in [3.05, 3.63) is 47.7 Å². The number of aromatic nitrogens is 1. The van der Waals surface area contributed by atoms with Crippen LogP contribution in [-0.4, -0.2) is 23.1 Å². The molecular weight excluding hydrogens is 258 g/mol. The van der Waals surface area contributed by atoms with E-state index >= 15 is 0 Å². The first-order chi connectivity index (χ1) is 9.65. The number of methoxy groups -OCH3 is 1. The molecule has 0 unspecified atom stereocenters. The van der Waals surface area contributed by atoms with Gasteiger partial charge in [-0.3, -0.25) is 0 Å². The van der Waals surface area contributed by atoms with E-state index in [0.717, 1.165) is 5.56 Å². The van der Waals surface area contributed by atoms with E-state index in [0.29, 0.717) is 17.1 Å². The minimum atomic E-state index is -0.0477. The molecule has 3 N–H and O–H groups in total. The van der Waals surface area contributed by atoms with Crippen molar-refractivity contribution in [1.82, 2.24) is 4.98 Å². The van der Waals surface area contributed by atoms with Gasteiger partial charge in [0.05, 0.1) is 12.7 Å². The summed E-state index contributed by atoms with van der Waals surface area (Å²) in [6.07, 6.45) is 1.60. The summed E-state index contributed by atoms with van der Waals surface area (Å²) in [6.45, 7) is 1.83. The van der Waals surface area contributed by atoms with Gasteiger partial charge >= 0.3 is 0 Å². The van der Waals surface area contributed by atoms with Crippen molar-refractivity contribution in [1.29, 1.82) is 0 Å². The van der Waals surface area contributed by atoms with E-state index in [1.807, 2.05) is 6.92 Å². The molecule has 0 bridgehead atoms. The number of hydrogen-bond donors (Lipinski definition) is 2. The van der Waals surface area contributed by atoms with Crippen LogP contribution >= 0.6 is 0 Å². The smallest absolute Gasteiger partial charge is 0.230 e. The summed E-state index contributed by atoms with van der Waals surface area (Å²) in [5.74, 6) is 1.44. The number of oxime groups is 1. The van der Waals surface area contributed by atoms with Crippen molar-refractivity contribution >= 4 is 5.84 Å². The summed E-state index contributed by atoms with van der Waals surface area (Å²) in [5.41, 5.74) is 6.92. The van der Waals surface area contributed by atoms with Crippen molar-refractivity contribution in [3.63, 3.8) is 0 Å². The number of benzene rings is 1. The number of hydrogen-bond acceptors (Lipinski definition) is 5. The number of rotatable bonds is 4. The van der Waals surface area contributed by atoms with Gasteiger partial charge in [-0.1, -0.05) is 11.2 Å². The predicted octanol–water partition coefficient (Wildman–Crippen LogP) is 2.29. The first kappa shape index (κ1) is 13.7. The highest BCUT2D eigenvalue weighted by Gasteiger charge is 2.14. The highest BCUT2D eigenvalue weighted by Crippen LogP contribution is 2.27. The normalized spacial score (nSPS) is 11.2. The lowest BCUT2D eigenvalue weighted by molar-refractivity contribution is 0.318. The molecule has 0 aliphatic heterocycles. The van der Waals surface area contributed by atoms with E-state index in [1.54, 1.807) is 43.6 Å². The molecule has 20 heavy (non-hydrogen) atoms. The number of nitrogens with two attached hydrogens (primary N) is 1. The summed E-state index contributed by atoms with van der Waals surface area (Å²) in [5, 5.41) is 11.9. The van der Waals surface area contributed by atoms with Crippen LogP contribution in [0.2, 0.25) is 0 Å². The molecule has 6 nitrogen and oxygen atoms in total. The second-order valence-corrected chi connectivity index (χ2v) is 4.07. The minimum absolute atomic E-state index is 0.0477.